The summed E-state index contributed by atoms with van der Waals surface area (Å²) in [5.74, 6) is -0.911. The Bertz CT molecular complexity index is 872. The Morgan fingerprint density at radius 1 is 1.22 bits per heavy atom. The number of ether oxygens (including phenoxy) is 1. The molecule has 0 fully saturated rings. The zero-order valence-electron chi connectivity index (χ0n) is 14.8. The maximum absolute atomic E-state index is 12.7. The molecule has 0 aliphatic carbocycles. The molecule has 3 rings (SSSR count). The van der Waals surface area contributed by atoms with Crippen molar-refractivity contribution < 1.29 is 27.5 Å². The van der Waals surface area contributed by atoms with Crippen LogP contribution < -0.4 is 0 Å². The van der Waals surface area contributed by atoms with Gasteiger partial charge in [0, 0.05) is 31.1 Å². The maximum atomic E-state index is 12.7. The molecule has 0 N–H and O–H groups in total. The topological polar surface area (TPSA) is 64.4 Å². The van der Waals surface area contributed by atoms with E-state index in [4.69, 9.17) is 4.74 Å². The molecule has 2 heterocycles. The predicted octanol–water partition coefficient (Wildman–Crippen LogP) is 2.81. The molecule has 0 radical (unpaired) electrons. The van der Waals surface area contributed by atoms with E-state index in [1.165, 1.54) is 9.58 Å². The average Bonchev–Trinajstić information content (AvgIpc) is 2.95. The molecule has 6 nitrogen and oxygen atoms in total. The first-order valence-corrected chi connectivity index (χ1v) is 8.40. The molecule has 0 saturated carbocycles. The fraction of sp³-hybridized carbons (Fsp3) is 0.389. The lowest BCUT2D eigenvalue weighted by atomic mass is 10.0. The molecule has 0 saturated heterocycles. The third kappa shape index (κ3) is 3.67. The highest BCUT2D eigenvalue weighted by molar-refractivity contribution is 5.95. The molecule has 1 amide bonds. The van der Waals surface area contributed by atoms with Crippen LogP contribution in [0.2, 0.25) is 0 Å². The van der Waals surface area contributed by atoms with Crippen LogP contribution in [0.25, 0.3) is 0 Å². The van der Waals surface area contributed by atoms with E-state index in [1.807, 2.05) is 0 Å². The van der Waals surface area contributed by atoms with E-state index in [-0.39, 0.29) is 24.4 Å². The molecule has 144 valence electrons. The molecule has 1 aromatic carbocycles. The van der Waals surface area contributed by atoms with Gasteiger partial charge < -0.3 is 9.64 Å². The molecular weight excluding hydrogens is 363 g/mol. The molecule has 1 aromatic heterocycles. The standard InChI is InChI=1S/C18H18F3N3O3/c1-3-27-17(26)15-13-10-24(9-8-14(13)22-23(15)2)16(25)11-4-6-12(7-5-11)18(19,20)21/h4-7H,3,8-10H2,1-2H3. The van der Waals surface area contributed by atoms with Crippen molar-refractivity contribution in [2.75, 3.05) is 13.2 Å². The molecule has 1 aliphatic heterocycles. The number of hydrogen-bond donors (Lipinski definition) is 0. The summed E-state index contributed by atoms with van der Waals surface area (Å²) >= 11 is 0. The largest absolute Gasteiger partial charge is 0.461 e. The van der Waals surface area contributed by atoms with Crippen LogP contribution in [-0.2, 0) is 30.9 Å². The number of alkyl halides is 3. The number of hydrogen-bond acceptors (Lipinski definition) is 4. The van der Waals surface area contributed by atoms with Crippen molar-refractivity contribution in [2.45, 2.75) is 26.1 Å². The number of carbonyl (C=O) groups is 2. The third-order valence-corrected chi connectivity index (χ3v) is 4.41. The molecule has 2 aromatic rings. The number of benzene rings is 1. The van der Waals surface area contributed by atoms with Gasteiger partial charge in [-0.25, -0.2) is 4.79 Å². The summed E-state index contributed by atoms with van der Waals surface area (Å²) in [5, 5.41) is 4.31. The van der Waals surface area contributed by atoms with Crippen LogP contribution in [0, 0.1) is 0 Å². The van der Waals surface area contributed by atoms with Crippen molar-refractivity contribution in [1.82, 2.24) is 14.7 Å². The highest BCUT2D eigenvalue weighted by Crippen LogP contribution is 2.30. The zero-order valence-corrected chi connectivity index (χ0v) is 14.8. The fourth-order valence-corrected chi connectivity index (χ4v) is 3.11. The molecular formula is C18H18F3N3O3. The van der Waals surface area contributed by atoms with Gasteiger partial charge in [-0.15, -0.1) is 0 Å². The van der Waals surface area contributed by atoms with Gasteiger partial charge in [-0.05, 0) is 31.2 Å². The summed E-state index contributed by atoms with van der Waals surface area (Å²) in [7, 11) is 1.63. The molecule has 27 heavy (non-hydrogen) atoms. The van der Waals surface area contributed by atoms with E-state index in [9.17, 15) is 22.8 Å². The molecule has 1 aliphatic rings. The third-order valence-electron chi connectivity index (χ3n) is 4.41. The van der Waals surface area contributed by atoms with E-state index >= 15 is 0 Å². The Hall–Kier alpha value is -2.84. The number of aryl methyl sites for hydroxylation is 1. The summed E-state index contributed by atoms with van der Waals surface area (Å²) in [4.78, 5) is 26.4. The van der Waals surface area contributed by atoms with Gasteiger partial charge in [-0.2, -0.15) is 18.3 Å². The van der Waals surface area contributed by atoms with Gasteiger partial charge in [0.2, 0.25) is 0 Å². The van der Waals surface area contributed by atoms with Crippen LogP contribution in [0.5, 0.6) is 0 Å². The highest BCUT2D eigenvalue weighted by Gasteiger charge is 2.32. The number of aromatic nitrogens is 2. The van der Waals surface area contributed by atoms with Crippen molar-refractivity contribution in [3.63, 3.8) is 0 Å². The normalized spacial score (nSPS) is 14.0. The second-order valence-electron chi connectivity index (χ2n) is 6.17. The minimum Gasteiger partial charge on any atom is -0.461 e. The number of halogens is 3. The second-order valence-corrected chi connectivity index (χ2v) is 6.17. The van der Waals surface area contributed by atoms with Gasteiger partial charge in [0.1, 0.15) is 0 Å². The quantitative estimate of drug-likeness (QED) is 0.767. The monoisotopic (exact) mass is 381 g/mol. The number of amides is 1. The van der Waals surface area contributed by atoms with Crippen LogP contribution >= 0.6 is 0 Å². The van der Waals surface area contributed by atoms with Gasteiger partial charge in [-0.3, -0.25) is 9.48 Å². The first kappa shape index (κ1) is 18.9. The fourth-order valence-electron chi connectivity index (χ4n) is 3.11. The van der Waals surface area contributed by atoms with Crippen molar-refractivity contribution in [1.29, 1.82) is 0 Å². The minimum atomic E-state index is -4.45. The summed E-state index contributed by atoms with van der Waals surface area (Å²) < 4.78 is 44.5. The van der Waals surface area contributed by atoms with Gasteiger partial charge in [0.05, 0.1) is 24.4 Å². The highest BCUT2D eigenvalue weighted by atomic mass is 19.4. The van der Waals surface area contributed by atoms with E-state index in [2.05, 4.69) is 5.10 Å². The van der Waals surface area contributed by atoms with Gasteiger partial charge in [0.25, 0.3) is 5.91 Å². The van der Waals surface area contributed by atoms with Crippen LogP contribution in [0.1, 0.15) is 44.6 Å². The summed E-state index contributed by atoms with van der Waals surface area (Å²) in [6, 6.07) is 4.10. The molecule has 0 unspecified atom stereocenters. The number of nitrogens with zero attached hydrogens (tertiary/aromatic N) is 3. The zero-order chi connectivity index (χ0) is 19.8. The first-order chi connectivity index (χ1) is 12.7. The lowest BCUT2D eigenvalue weighted by molar-refractivity contribution is -0.137. The van der Waals surface area contributed by atoms with E-state index < -0.39 is 23.6 Å². The molecule has 0 atom stereocenters. The number of esters is 1. The average molecular weight is 381 g/mol. The maximum Gasteiger partial charge on any atom is 0.416 e. The van der Waals surface area contributed by atoms with Crippen LogP contribution in [0.15, 0.2) is 24.3 Å². The van der Waals surface area contributed by atoms with Gasteiger partial charge >= 0.3 is 12.1 Å². The lowest BCUT2D eigenvalue weighted by Gasteiger charge is -2.27. The van der Waals surface area contributed by atoms with Crippen molar-refractivity contribution in [3.05, 3.63) is 52.3 Å². The predicted molar refractivity (Wildman–Crippen MR) is 89.1 cm³/mol. The van der Waals surface area contributed by atoms with Crippen LogP contribution in [0.3, 0.4) is 0 Å². The van der Waals surface area contributed by atoms with Crippen molar-refractivity contribution in [3.8, 4) is 0 Å². The van der Waals surface area contributed by atoms with E-state index in [1.54, 1.807) is 14.0 Å². The SMILES string of the molecule is CCOC(=O)c1c2c(nn1C)CCN(C(=O)c1ccc(C(F)(F)F)cc1)C2. The first-order valence-electron chi connectivity index (χ1n) is 8.40. The molecule has 9 heteroatoms. The van der Waals surface area contributed by atoms with Crippen molar-refractivity contribution in [2.24, 2.45) is 7.05 Å². The van der Waals surface area contributed by atoms with E-state index in [0.29, 0.717) is 18.5 Å². The Balaban J connectivity index is 1.83. The lowest BCUT2D eigenvalue weighted by Crippen LogP contribution is -2.36. The van der Waals surface area contributed by atoms with Gasteiger partial charge in [0.15, 0.2) is 5.69 Å². The Labute approximate surface area is 153 Å². The second kappa shape index (κ2) is 7.05. The van der Waals surface area contributed by atoms with Crippen molar-refractivity contribution >= 4 is 11.9 Å². The number of rotatable bonds is 3. The number of fused-ring (bicyclic) bond motifs is 1. The Morgan fingerprint density at radius 3 is 2.48 bits per heavy atom. The smallest absolute Gasteiger partial charge is 0.416 e. The Kier molecular flexibility index (Phi) is 4.95. The molecule has 0 spiro atoms. The van der Waals surface area contributed by atoms with E-state index in [0.717, 1.165) is 30.0 Å². The molecule has 0 bridgehead atoms. The number of carbonyl (C=O) groups excluding carboxylic acids is 2. The van der Waals surface area contributed by atoms with Crippen LogP contribution in [0.4, 0.5) is 13.2 Å². The summed E-state index contributed by atoms with van der Waals surface area (Å²) in [6.45, 7) is 2.43. The van der Waals surface area contributed by atoms with Gasteiger partial charge in [-0.1, -0.05) is 0 Å². The minimum absolute atomic E-state index is 0.150. The summed E-state index contributed by atoms with van der Waals surface area (Å²) in [5.41, 5.74) is 0.973. The summed E-state index contributed by atoms with van der Waals surface area (Å²) in [6.07, 6.45) is -4.00. The van der Waals surface area contributed by atoms with Crippen LogP contribution in [-0.4, -0.2) is 39.7 Å². The Morgan fingerprint density at radius 2 is 1.89 bits per heavy atom.